The number of thioether (sulfide) groups is 1. The van der Waals surface area contributed by atoms with Crippen LogP contribution in [0.4, 0.5) is 0 Å². The Kier molecular flexibility index (Phi) is 5.76. The fourth-order valence-electron chi connectivity index (χ4n) is 1.23. The molecule has 1 aromatic rings. The van der Waals surface area contributed by atoms with E-state index in [1.54, 1.807) is 7.11 Å². The molecular weight excluding hydrogens is 206 g/mol. The summed E-state index contributed by atoms with van der Waals surface area (Å²) in [5, 5.41) is 3.15. The smallest absolute Gasteiger partial charge is 0.0637 e. The molecule has 1 unspecified atom stereocenters. The molecule has 2 nitrogen and oxygen atoms in total. The van der Waals surface area contributed by atoms with E-state index in [0.717, 1.165) is 12.3 Å². The van der Waals surface area contributed by atoms with Gasteiger partial charge in [-0.05, 0) is 31.7 Å². The van der Waals surface area contributed by atoms with Crippen LogP contribution in [0.1, 0.15) is 12.5 Å². The summed E-state index contributed by atoms with van der Waals surface area (Å²) in [6.07, 6.45) is 0.308. The first kappa shape index (κ1) is 12.6. The minimum Gasteiger partial charge on any atom is -0.381 e. The van der Waals surface area contributed by atoms with E-state index in [1.165, 1.54) is 10.5 Å². The van der Waals surface area contributed by atoms with Gasteiger partial charge in [-0.2, -0.15) is 0 Å². The van der Waals surface area contributed by atoms with Crippen LogP contribution < -0.4 is 5.32 Å². The van der Waals surface area contributed by atoms with Crippen LogP contribution in [0.5, 0.6) is 0 Å². The number of benzene rings is 1. The van der Waals surface area contributed by atoms with Gasteiger partial charge in [0.2, 0.25) is 0 Å². The van der Waals surface area contributed by atoms with E-state index in [1.807, 2.05) is 18.8 Å². The summed E-state index contributed by atoms with van der Waals surface area (Å²) in [6.45, 7) is 3.01. The highest BCUT2D eigenvalue weighted by molar-refractivity contribution is 7.99. The van der Waals surface area contributed by atoms with E-state index in [-0.39, 0.29) is 0 Å². The second-order valence-corrected chi connectivity index (χ2v) is 4.63. The maximum absolute atomic E-state index is 5.22. The van der Waals surface area contributed by atoms with Crippen molar-refractivity contribution in [3.63, 3.8) is 0 Å². The first-order chi connectivity index (χ1) is 7.26. The van der Waals surface area contributed by atoms with Crippen molar-refractivity contribution in [3.05, 3.63) is 29.8 Å². The van der Waals surface area contributed by atoms with Gasteiger partial charge < -0.3 is 10.1 Å². The third kappa shape index (κ3) is 4.69. The number of hydrogen-bond donors (Lipinski definition) is 1. The highest BCUT2D eigenvalue weighted by Crippen LogP contribution is 2.20. The Bertz CT molecular complexity index is 291. The molecule has 0 aliphatic carbocycles. The van der Waals surface area contributed by atoms with Gasteiger partial charge in [-0.15, -0.1) is 11.8 Å². The lowest BCUT2D eigenvalue weighted by atomic mass is 10.2. The molecule has 0 aromatic heterocycles. The summed E-state index contributed by atoms with van der Waals surface area (Å²) in [6, 6.07) is 8.61. The van der Waals surface area contributed by atoms with Crippen LogP contribution in [0.25, 0.3) is 0 Å². The molecule has 0 saturated carbocycles. The van der Waals surface area contributed by atoms with Gasteiger partial charge >= 0.3 is 0 Å². The van der Waals surface area contributed by atoms with Crippen molar-refractivity contribution in [2.24, 2.45) is 0 Å². The molecular formula is C12H19NOS. The predicted octanol–water partition coefficient (Wildman–Crippen LogP) is 2.53. The van der Waals surface area contributed by atoms with Gasteiger partial charge in [0.15, 0.2) is 0 Å². The molecule has 0 aliphatic heterocycles. The zero-order valence-electron chi connectivity index (χ0n) is 9.62. The maximum Gasteiger partial charge on any atom is 0.0637 e. The van der Waals surface area contributed by atoms with Crippen LogP contribution >= 0.6 is 11.8 Å². The van der Waals surface area contributed by atoms with Gasteiger partial charge in [-0.1, -0.05) is 12.1 Å². The summed E-state index contributed by atoms with van der Waals surface area (Å²) in [5.41, 5.74) is 1.33. The van der Waals surface area contributed by atoms with Crippen LogP contribution in [-0.4, -0.2) is 26.0 Å². The third-order valence-electron chi connectivity index (χ3n) is 2.17. The molecule has 15 heavy (non-hydrogen) atoms. The van der Waals surface area contributed by atoms with E-state index in [0.29, 0.717) is 6.10 Å². The monoisotopic (exact) mass is 225 g/mol. The highest BCUT2D eigenvalue weighted by atomic mass is 32.2. The van der Waals surface area contributed by atoms with E-state index >= 15 is 0 Å². The molecule has 0 radical (unpaired) electrons. The summed E-state index contributed by atoms with van der Waals surface area (Å²) < 4.78 is 5.22. The number of ether oxygens (including phenoxy) is 1. The Hall–Kier alpha value is -0.510. The van der Waals surface area contributed by atoms with Gasteiger partial charge in [0.1, 0.15) is 0 Å². The SMILES string of the molecule is CNCc1cccc(SCC(C)OC)c1. The molecule has 0 amide bonds. The van der Waals surface area contributed by atoms with E-state index in [4.69, 9.17) is 4.74 Å². The average Bonchev–Trinajstić information content (AvgIpc) is 2.27. The second kappa shape index (κ2) is 6.88. The Labute approximate surface area is 96.4 Å². The van der Waals surface area contributed by atoms with E-state index in [9.17, 15) is 0 Å². The van der Waals surface area contributed by atoms with Gasteiger partial charge in [0.05, 0.1) is 6.10 Å². The molecule has 0 aliphatic rings. The molecule has 0 bridgehead atoms. The number of methoxy groups -OCH3 is 1. The van der Waals surface area contributed by atoms with Crippen molar-refractivity contribution in [2.45, 2.75) is 24.5 Å². The lowest BCUT2D eigenvalue weighted by Gasteiger charge is -2.09. The lowest BCUT2D eigenvalue weighted by Crippen LogP contribution is -2.07. The minimum absolute atomic E-state index is 0.308. The number of hydrogen-bond acceptors (Lipinski definition) is 3. The summed E-state index contributed by atoms with van der Waals surface area (Å²) in [7, 11) is 3.72. The fraction of sp³-hybridized carbons (Fsp3) is 0.500. The molecule has 1 atom stereocenters. The summed E-state index contributed by atoms with van der Waals surface area (Å²) >= 11 is 1.84. The number of rotatable bonds is 6. The standard InChI is InChI=1S/C12H19NOS/c1-10(14-3)9-15-12-6-4-5-11(7-12)8-13-2/h4-7,10,13H,8-9H2,1-3H3. The summed E-state index contributed by atoms with van der Waals surface area (Å²) in [4.78, 5) is 1.31. The Balaban J connectivity index is 2.50. The third-order valence-corrected chi connectivity index (χ3v) is 3.39. The van der Waals surface area contributed by atoms with Crippen molar-refractivity contribution in [1.29, 1.82) is 0 Å². The quantitative estimate of drug-likeness (QED) is 0.752. The zero-order valence-corrected chi connectivity index (χ0v) is 10.4. The maximum atomic E-state index is 5.22. The van der Waals surface area contributed by atoms with Crippen molar-refractivity contribution in [3.8, 4) is 0 Å². The van der Waals surface area contributed by atoms with E-state index < -0.39 is 0 Å². The molecule has 84 valence electrons. The Morgan fingerprint density at radius 2 is 2.27 bits per heavy atom. The molecule has 0 heterocycles. The van der Waals surface area contributed by atoms with Crippen LogP contribution in [0, 0.1) is 0 Å². The fourth-order valence-corrected chi connectivity index (χ4v) is 2.20. The Morgan fingerprint density at radius 3 is 2.93 bits per heavy atom. The molecule has 1 rings (SSSR count). The molecule has 0 fully saturated rings. The summed E-state index contributed by atoms with van der Waals surface area (Å²) in [5.74, 6) is 1.000. The van der Waals surface area contributed by atoms with Gasteiger partial charge in [0.25, 0.3) is 0 Å². The van der Waals surface area contributed by atoms with Crippen molar-refractivity contribution in [2.75, 3.05) is 19.9 Å². The second-order valence-electron chi connectivity index (χ2n) is 3.54. The number of nitrogens with one attached hydrogen (secondary N) is 1. The van der Waals surface area contributed by atoms with Crippen molar-refractivity contribution < 1.29 is 4.74 Å². The normalized spacial score (nSPS) is 12.7. The van der Waals surface area contributed by atoms with Crippen LogP contribution in [0.3, 0.4) is 0 Å². The van der Waals surface area contributed by atoms with Crippen molar-refractivity contribution >= 4 is 11.8 Å². The van der Waals surface area contributed by atoms with Gasteiger partial charge in [-0.25, -0.2) is 0 Å². The lowest BCUT2D eigenvalue weighted by molar-refractivity contribution is 0.138. The minimum atomic E-state index is 0.308. The predicted molar refractivity (Wildman–Crippen MR) is 66.4 cm³/mol. The molecule has 0 spiro atoms. The van der Waals surface area contributed by atoms with Gasteiger partial charge in [-0.3, -0.25) is 0 Å². The first-order valence-electron chi connectivity index (χ1n) is 5.15. The first-order valence-corrected chi connectivity index (χ1v) is 6.14. The Morgan fingerprint density at radius 1 is 1.47 bits per heavy atom. The highest BCUT2D eigenvalue weighted by Gasteiger charge is 2.01. The largest absolute Gasteiger partial charge is 0.381 e. The molecule has 3 heteroatoms. The van der Waals surface area contributed by atoms with Crippen LogP contribution in [0.2, 0.25) is 0 Å². The van der Waals surface area contributed by atoms with Gasteiger partial charge in [0, 0.05) is 24.3 Å². The van der Waals surface area contributed by atoms with Crippen LogP contribution in [0.15, 0.2) is 29.2 Å². The van der Waals surface area contributed by atoms with Crippen LogP contribution in [-0.2, 0) is 11.3 Å². The molecule has 1 aromatic carbocycles. The molecule has 0 saturated heterocycles. The molecule has 1 N–H and O–H groups in total. The van der Waals surface area contributed by atoms with E-state index in [2.05, 4.69) is 36.5 Å². The average molecular weight is 225 g/mol. The van der Waals surface area contributed by atoms with Crippen molar-refractivity contribution in [1.82, 2.24) is 5.32 Å². The topological polar surface area (TPSA) is 21.3 Å². The zero-order chi connectivity index (χ0) is 11.1.